The number of rotatable bonds is 10. The molecule has 1 aromatic rings. The number of halogens is 1. The summed E-state index contributed by atoms with van der Waals surface area (Å²) in [7, 11) is 0. The van der Waals surface area contributed by atoms with Gasteiger partial charge in [-0.3, -0.25) is 4.79 Å². The van der Waals surface area contributed by atoms with Gasteiger partial charge in [-0.15, -0.1) is 12.4 Å². The van der Waals surface area contributed by atoms with Crippen molar-refractivity contribution in [3.05, 3.63) is 35.4 Å². The molecular formula is C19H33ClN2O. The van der Waals surface area contributed by atoms with Crippen LogP contribution in [0.2, 0.25) is 0 Å². The zero-order valence-corrected chi connectivity index (χ0v) is 15.6. The lowest BCUT2D eigenvalue weighted by Gasteiger charge is -2.23. The largest absolute Gasteiger partial charge is 0.349 e. The van der Waals surface area contributed by atoms with Gasteiger partial charge in [0.05, 0.1) is 6.04 Å². The molecule has 4 heteroatoms. The monoisotopic (exact) mass is 340 g/mol. The van der Waals surface area contributed by atoms with Crippen molar-refractivity contribution in [2.45, 2.75) is 65.3 Å². The molecule has 3 nitrogen and oxygen atoms in total. The van der Waals surface area contributed by atoms with E-state index in [-0.39, 0.29) is 24.4 Å². The number of hydrogen-bond donors (Lipinski definition) is 2. The van der Waals surface area contributed by atoms with Gasteiger partial charge >= 0.3 is 0 Å². The summed E-state index contributed by atoms with van der Waals surface area (Å²) < 4.78 is 0. The van der Waals surface area contributed by atoms with Gasteiger partial charge in [0.25, 0.3) is 0 Å². The quantitative estimate of drug-likeness (QED) is 0.620. The fraction of sp³-hybridized carbons (Fsp3) is 0.632. The third-order valence-corrected chi connectivity index (χ3v) is 4.09. The van der Waals surface area contributed by atoms with Crippen molar-refractivity contribution in [2.24, 2.45) is 11.7 Å². The normalized spacial score (nSPS) is 11.9. The van der Waals surface area contributed by atoms with E-state index in [4.69, 9.17) is 5.73 Å². The Kier molecular flexibility index (Phi) is 11.8. The number of amides is 1. The second kappa shape index (κ2) is 12.4. The van der Waals surface area contributed by atoms with Gasteiger partial charge in [0, 0.05) is 6.42 Å². The van der Waals surface area contributed by atoms with E-state index in [1.807, 2.05) is 0 Å². The Morgan fingerprint density at radius 1 is 1.09 bits per heavy atom. The molecule has 0 aliphatic carbocycles. The zero-order chi connectivity index (χ0) is 16.4. The maximum atomic E-state index is 12.2. The lowest BCUT2D eigenvalue weighted by Crippen LogP contribution is -2.31. The molecule has 3 N–H and O–H groups in total. The first-order valence-electron chi connectivity index (χ1n) is 8.66. The Hall–Kier alpha value is -1.06. The Morgan fingerprint density at radius 2 is 1.70 bits per heavy atom. The van der Waals surface area contributed by atoms with Crippen LogP contribution in [-0.2, 0) is 11.2 Å². The molecule has 0 fully saturated rings. The van der Waals surface area contributed by atoms with E-state index in [0.29, 0.717) is 12.3 Å². The molecule has 0 radical (unpaired) electrons. The molecule has 1 amide bonds. The summed E-state index contributed by atoms with van der Waals surface area (Å²) in [5, 5.41) is 3.20. The average molecular weight is 341 g/mol. The van der Waals surface area contributed by atoms with Crippen LogP contribution < -0.4 is 11.1 Å². The van der Waals surface area contributed by atoms with Crippen molar-refractivity contribution in [3.8, 4) is 0 Å². The van der Waals surface area contributed by atoms with Crippen LogP contribution in [0.3, 0.4) is 0 Å². The first-order chi connectivity index (χ1) is 10.6. The van der Waals surface area contributed by atoms with E-state index in [9.17, 15) is 4.79 Å². The van der Waals surface area contributed by atoms with Crippen molar-refractivity contribution in [1.29, 1.82) is 0 Å². The Labute approximate surface area is 147 Å². The maximum Gasteiger partial charge on any atom is 0.220 e. The summed E-state index contributed by atoms with van der Waals surface area (Å²) in [4.78, 5) is 12.2. The van der Waals surface area contributed by atoms with Gasteiger partial charge in [-0.25, -0.2) is 0 Å². The van der Waals surface area contributed by atoms with Crippen LogP contribution in [0.5, 0.6) is 0 Å². The minimum atomic E-state index is 0. The van der Waals surface area contributed by atoms with Crippen LogP contribution in [0, 0.1) is 5.92 Å². The zero-order valence-electron chi connectivity index (χ0n) is 14.8. The Balaban J connectivity index is 0.00000484. The van der Waals surface area contributed by atoms with Gasteiger partial charge in [0.1, 0.15) is 0 Å². The summed E-state index contributed by atoms with van der Waals surface area (Å²) in [5.74, 6) is 0.541. The van der Waals surface area contributed by atoms with Crippen LogP contribution in [0.4, 0.5) is 0 Å². The van der Waals surface area contributed by atoms with Crippen molar-refractivity contribution in [3.63, 3.8) is 0 Å². The Bertz CT molecular complexity index is 432. The highest BCUT2D eigenvalue weighted by Gasteiger charge is 2.17. The highest BCUT2D eigenvalue weighted by atomic mass is 35.5. The molecule has 23 heavy (non-hydrogen) atoms. The lowest BCUT2D eigenvalue weighted by atomic mass is 9.94. The third kappa shape index (κ3) is 8.38. The smallest absolute Gasteiger partial charge is 0.220 e. The summed E-state index contributed by atoms with van der Waals surface area (Å²) in [6, 6.07) is 8.70. The van der Waals surface area contributed by atoms with Crippen LogP contribution >= 0.6 is 12.4 Å². The number of nitrogens with one attached hydrogen (secondary N) is 1. The molecule has 0 heterocycles. The highest BCUT2D eigenvalue weighted by Crippen LogP contribution is 2.22. The molecule has 1 atom stereocenters. The van der Waals surface area contributed by atoms with Crippen LogP contribution in [0.15, 0.2) is 24.3 Å². The second-order valence-corrected chi connectivity index (χ2v) is 6.34. The molecule has 0 aliphatic rings. The molecule has 1 aromatic carbocycles. The van der Waals surface area contributed by atoms with E-state index in [1.54, 1.807) is 0 Å². The predicted molar refractivity (Wildman–Crippen MR) is 101 cm³/mol. The molecule has 0 spiro atoms. The van der Waals surface area contributed by atoms with E-state index in [2.05, 4.69) is 50.4 Å². The number of hydrogen-bond acceptors (Lipinski definition) is 2. The van der Waals surface area contributed by atoms with E-state index >= 15 is 0 Å². The molecular weight excluding hydrogens is 308 g/mol. The topological polar surface area (TPSA) is 55.1 Å². The summed E-state index contributed by atoms with van der Waals surface area (Å²) in [6.07, 6.45) is 5.87. The number of unbranched alkanes of at least 4 members (excludes halogenated alkanes) is 3. The van der Waals surface area contributed by atoms with Crippen molar-refractivity contribution >= 4 is 18.3 Å². The molecule has 1 unspecified atom stereocenters. The molecule has 0 bridgehead atoms. The van der Waals surface area contributed by atoms with E-state index in [0.717, 1.165) is 38.6 Å². The summed E-state index contributed by atoms with van der Waals surface area (Å²) in [6.45, 7) is 7.20. The lowest BCUT2D eigenvalue weighted by molar-refractivity contribution is -0.122. The van der Waals surface area contributed by atoms with Gasteiger partial charge in [0.2, 0.25) is 5.91 Å². The molecule has 1 rings (SSSR count). The number of carbonyl (C=O) groups is 1. The van der Waals surface area contributed by atoms with E-state index in [1.165, 1.54) is 11.1 Å². The number of carbonyl (C=O) groups excluding carboxylic acids is 1. The van der Waals surface area contributed by atoms with Gasteiger partial charge in [-0.05, 0) is 42.9 Å². The summed E-state index contributed by atoms with van der Waals surface area (Å²) >= 11 is 0. The molecule has 0 aromatic heterocycles. The second-order valence-electron chi connectivity index (χ2n) is 6.34. The van der Waals surface area contributed by atoms with E-state index < -0.39 is 0 Å². The SMILES string of the molecule is CCc1ccc(C(NC(=O)CCCCCCN)C(C)C)cc1.Cl. The Morgan fingerprint density at radius 3 is 2.22 bits per heavy atom. The molecule has 0 aliphatic heterocycles. The fourth-order valence-electron chi connectivity index (χ4n) is 2.62. The minimum Gasteiger partial charge on any atom is -0.349 e. The standard InChI is InChI=1S/C19H32N2O.ClH/c1-4-16-10-12-17(13-11-16)19(15(2)3)21-18(22)9-7-5-6-8-14-20;/h10-13,15,19H,4-9,14,20H2,1-3H3,(H,21,22);1H. The van der Waals surface area contributed by atoms with Crippen LogP contribution in [-0.4, -0.2) is 12.5 Å². The van der Waals surface area contributed by atoms with Crippen molar-refractivity contribution in [1.82, 2.24) is 5.32 Å². The molecule has 0 saturated carbocycles. The first-order valence-corrected chi connectivity index (χ1v) is 8.66. The van der Waals surface area contributed by atoms with Crippen LogP contribution in [0.25, 0.3) is 0 Å². The highest BCUT2D eigenvalue weighted by molar-refractivity contribution is 5.85. The average Bonchev–Trinajstić information content (AvgIpc) is 2.52. The van der Waals surface area contributed by atoms with Gasteiger partial charge in [0.15, 0.2) is 0 Å². The number of aryl methyl sites for hydroxylation is 1. The van der Waals surface area contributed by atoms with Crippen LogP contribution in [0.1, 0.15) is 70.0 Å². The van der Waals surface area contributed by atoms with Gasteiger partial charge in [-0.1, -0.05) is 57.9 Å². The van der Waals surface area contributed by atoms with Gasteiger partial charge in [-0.2, -0.15) is 0 Å². The molecule has 132 valence electrons. The first kappa shape index (κ1) is 21.9. The van der Waals surface area contributed by atoms with Crippen molar-refractivity contribution in [2.75, 3.05) is 6.54 Å². The predicted octanol–water partition coefficient (Wildman–Crippen LogP) is 4.39. The number of benzene rings is 1. The summed E-state index contributed by atoms with van der Waals surface area (Å²) in [5.41, 5.74) is 8.00. The number of nitrogens with two attached hydrogens (primary N) is 1. The third-order valence-electron chi connectivity index (χ3n) is 4.09. The van der Waals surface area contributed by atoms with Gasteiger partial charge < -0.3 is 11.1 Å². The molecule has 0 saturated heterocycles. The minimum absolute atomic E-state index is 0. The maximum absolute atomic E-state index is 12.2. The fourth-order valence-corrected chi connectivity index (χ4v) is 2.62. The van der Waals surface area contributed by atoms with Crippen molar-refractivity contribution < 1.29 is 4.79 Å².